The van der Waals surface area contributed by atoms with Crippen LogP contribution in [-0.4, -0.2) is 40.6 Å². The van der Waals surface area contributed by atoms with Crippen LogP contribution in [0.3, 0.4) is 0 Å². The first-order valence-corrected chi connectivity index (χ1v) is 5.79. The number of benzene rings is 1. The summed E-state index contributed by atoms with van der Waals surface area (Å²) in [5.74, 6) is -1.87. The Morgan fingerprint density at radius 1 is 1.42 bits per heavy atom. The second-order valence-electron chi connectivity index (χ2n) is 4.23. The van der Waals surface area contributed by atoms with Crippen LogP contribution in [0, 0.1) is 5.82 Å². The van der Waals surface area contributed by atoms with E-state index in [4.69, 9.17) is 5.11 Å². The largest absolute Gasteiger partial charge is 0.481 e. The van der Waals surface area contributed by atoms with Crippen molar-refractivity contribution in [2.75, 3.05) is 13.6 Å². The minimum atomic E-state index is -1.10. The molecule has 2 N–H and O–H groups in total. The van der Waals surface area contributed by atoms with Crippen LogP contribution in [-0.2, 0) is 9.59 Å². The number of nitrogens with zero attached hydrogens (tertiary/aromatic N) is 1. The molecule has 104 valence electrons. The van der Waals surface area contributed by atoms with Crippen LogP contribution in [0.2, 0.25) is 0 Å². The highest BCUT2D eigenvalue weighted by Gasteiger charge is 2.17. The molecule has 0 heterocycles. The van der Waals surface area contributed by atoms with Crippen LogP contribution < -0.4 is 0 Å². The molecular formula is C13H16FNO4. The minimum absolute atomic E-state index is 0.0734. The molecule has 0 radical (unpaired) electrons. The number of aliphatic carboxylic acids is 1. The molecule has 1 aromatic carbocycles. The van der Waals surface area contributed by atoms with Crippen molar-refractivity contribution in [3.05, 3.63) is 35.6 Å². The molecule has 0 aromatic heterocycles. The summed E-state index contributed by atoms with van der Waals surface area (Å²) in [5, 5.41) is 18.3. The lowest BCUT2D eigenvalue weighted by atomic mass is 10.1. The summed E-state index contributed by atoms with van der Waals surface area (Å²) in [6, 6.07) is 5.39. The lowest BCUT2D eigenvalue weighted by molar-refractivity contribution is -0.138. The second-order valence-corrected chi connectivity index (χ2v) is 4.23. The van der Waals surface area contributed by atoms with Gasteiger partial charge in [-0.15, -0.1) is 0 Å². The molecule has 0 aliphatic heterocycles. The molecule has 1 atom stereocenters. The fourth-order valence-corrected chi connectivity index (χ4v) is 1.54. The molecule has 0 bridgehead atoms. The van der Waals surface area contributed by atoms with Crippen molar-refractivity contribution in [2.24, 2.45) is 0 Å². The number of aliphatic hydroxyl groups is 1. The van der Waals surface area contributed by atoms with Crippen LogP contribution in [0.5, 0.6) is 0 Å². The van der Waals surface area contributed by atoms with E-state index in [2.05, 4.69) is 0 Å². The Morgan fingerprint density at radius 3 is 2.68 bits per heavy atom. The first-order valence-electron chi connectivity index (χ1n) is 5.79. The number of amides is 1. The van der Waals surface area contributed by atoms with Gasteiger partial charge in [0.25, 0.3) is 0 Å². The Labute approximate surface area is 110 Å². The Hall–Kier alpha value is -1.95. The standard InChI is InChI=1S/C13H16FNO4/c1-15(6-5-13(18)19)12(17)8-11(16)9-3-2-4-10(14)7-9/h2-4,7,11,16H,5-6,8H2,1H3,(H,18,19). The van der Waals surface area contributed by atoms with Crippen molar-refractivity contribution >= 4 is 11.9 Å². The summed E-state index contributed by atoms with van der Waals surface area (Å²) < 4.78 is 13.0. The molecule has 0 saturated heterocycles. The Kier molecular flexibility index (Phi) is 5.44. The maximum atomic E-state index is 13.0. The summed E-state index contributed by atoms with van der Waals surface area (Å²) in [7, 11) is 1.46. The second kappa shape index (κ2) is 6.84. The van der Waals surface area contributed by atoms with Crippen molar-refractivity contribution in [1.82, 2.24) is 4.90 Å². The van der Waals surface area contributed by atoms with E-state index in [-0.39, 0.29) is 19.4 Å². The lowest BCUT2D eigenvalue weighted by Gasteiger charge is -2.18. The zero-order valence-electron chi connectivity index (χ0n) is 10.5. The first kappa shape index (κ1) is 15.1. The SMILES string of the molecule is CN(CCC(=O)O)C(=O)CC(O)c1cccc(F)c1. The van der Waals surface area contributed by atoms with Gasteiger partial charge in [-0.25, -0.2) is 4.39 Å². The van der Waals surface area contributed by atoms with Crippen molar-refractivity contribution in [1.29, 1.82) is 0 Å². The molecular weight excluding hydrogens is 253 g/mol. The number of carbonyl (C=O) groups is 2. The van der Waals surface area contributed by atoms with E-state index in [1.165, 1.54) is 30.1 Å². The van der Waals surface area contributed by atoms with Crippen LogP contribution in [0.1, 0.15) is 24.5 Å². The van der Waals surface area contributed by atoms with Gasteiger partial charge in [-0.3, -0.25) is 9.59 Å². The van der Waals surface area contributed by atoms with Crippen LogP contribution in [0.25, 0.3) is 0 Å². The number of carboxylic acids is 1. The summed E-state index contributed by atoms with van der Waals surface area (Å²) >= 11 is 0. The highest BCUT2D eigenvalue weighted by atomic mass is 19.1. The van der Waals surface area contributed by atoms with Gasteiger partial charge in [-0.1, -0.05) is 12.1 Å². The topological polar surface area (TPSA) is 77.8 Å². The zero-order chi connectivity index (χ0) is 14.4. The Morgan fingerprint density at radius 2 is 2.11 bits per heavy atom. The van der Waals surface area contributed by atoms with E-state index < -0.39 is 23.8 Å². The van der Waals surface area contributed by atoms with Gasteiger partial charge < -0.3 is 15.1 Å². The predicted octanol–water partition coefficient (Wildman–Crippen LogP) is 1.18. The monoisotopic (exact) mass is 269 g/mol. The molecule has 1 aromatic rings. The molecule has 0 saturated carbocycles. The average molecular weight is 269 g/mol. The van der Waals surface area contributed by atoms with Crippen molar-refractivity contribution in [3.8, 4) is 0 Å². The molecule has 6 heteroatoms. The molecule has 5 nitrogen and oxygen atoms in total. The smallest absolute Gasteiger partial charge is 0.305 e. The van der Waals surface area contributed by atoms with Crippen LogP contribution >= 0.6 is 0 Å². The van der Waals surface area contributed by atoms with Gasteiger partial charge in [0.2, 0.25) is 5.91 Å². The van der Waals surface area contributed by atoms with Gasteiger partial charge in [0.1, 0.15) is 5.82 Å². The van der Waals surface area contributed by atoms with Gasteiger partial charge >= 0.3 is 5.97 Å². The van der Waals surface area contributed by atoms with Crippen molar-refractivity contribution in [3.63, 3.8) is 0 Å². The fraction of sp³-hybridized carbons (Fsp3) is 0.385. The van der Waals surface area contributed by atoms with E-state index in [1.54, 1.807) is 0 Å². The number of hydrogen-bond donors (Lipinski definition) is 2. The highest BCUT2D eigenvalue weighted by molar-refractivity contribution is 5.77. The molecule has 0 fully saturated rings. The van der Waals surface area contributed by atoms with Crippen LogP contribution in [0.15, 0.2) is 24.3 Å². The van der Waals surface area contributed by atoms with Gasteiger partial charge in [0.05, 0.1) is 18.9 Å². The van der Waals surface area contributed by atoms with E-state index in [1.807, 2.05) is 0 Å². The number of hydrogen-bond acceptors (Lipinski definition) is 3. The van der Waals surface area contributed by atoms with E-state index in [0.29, 0.717) is 5.56 Å². The lowest BCUT2D eigenvalue weighted by Crippen LogP contribution is -2.30. The van der Waals surface area contributed by atoms with E-state index >= 15 is 0 Å². The molecule has 19 heavy (non-hydrogen) atoms. The molecule has 0 spiro atoms. The maximum Gasteiger partial charge on any atom is 0.305 e. The van der Waals surface area contributed by atoms with Crippen LogP contribution in [0.4, 0.5) is 4.39 Å². The van der Waals surface area contributed by atoms with E-state index in [0.717, 1.165) is 6.07 Å². The Bertz CT molecular complexity index is 464. The van der Waals surface area contributed by atoms with Crippen molar-refractivity contribution < 1.29 is 24.2 Å². The van der Waals surface area contributed by atoms with Gasteiger partial charge in [0, 0.05) is 13.6 Å². The first-order chi connectivity index (χ1) is 8.90. The number of halogens is 1. The zero-order valence-corrected chi connectivity index (χ0v) is 10.5. The summed E-state index contributed by atoms with van der Waals surface area (Å²) in [6.07, 6.45) is -1.46. The fourth-order valence-electron chi connectivity index (χ4n) is 1.54. The third-order valence-corrected chi connectivity index (χ3v) is 2.69. The summed E-state index contributed by atoms with van der Waals surface area (Å²) in [5.41, 5.74) is 0.319. The number of carbonyl (C=O) groups excluding carboxylic acids is 1. The minimum Gasteiger partial charge on any atom is -0.481 e. The number of rotatable bonds is 6. The third-order valence-electron chi connectivity index (χ3n) is 2.69. The van der Waals surface area contributed by atoms with Crippen molar-refractivity contribution in [2.45, 2.75) is 18.9 Å². The number of aliphatic hydroxyl groups excluding tert-OH is 1. The molecule has 1 rings (SSSR count). The summed E-state index contributed by atoms with van der Waals surface area (Å²) in [4.78, 5) is 23.3. The van der Waals surface area contributed by atoms with E-state index in [9.17, 15) is 19.1 Å². The molecule has 1 amide bonds. The van der Waals surface area contributed by atoms with Gasteiger partial charge in [0.15, 0.2) is 0 Å². The molecule has 0 aliphatic rings. The third kappa shape index (κ3) is 5.05. The highest BCUT2D eigenvalue weighted by Crippen LogP contribution is 2.18. The van der Waals surface area contributed by atoms with Gasteiger partial charge in [-0.2, -0.15) is 0 Å². The quantitative estimate of drug-likeness (QED) is 0.813. The number of carboxylic acid groups (broad SMARTS) is 1. The molecule has 0 aliphatic carbocycles. The average Bonchev–Trinajstić information content (AvgIpc) is 2.35. The normalized spacial score (nSPS) is 11.9. The Balaban J connectivity index is 2.54. The maximum absolute atomic E-state index is 13.0. The molecule has 1 unspecified atom stereocenters. The van der Waals surface area contributed by atoms with Gasteiger partial charge in [-0.05, 0) is 17.7 Å². The summed E-state index contributed by atoms with van der Waals surface area (Å²) in [6.45, 7) is 0.0734. The predicted molar refractivity (Wildman–Crippen MR) is 65.9 cm³/mol.